The van der Waals surface area contributed by atoms with Gasteiger partial charge in [0.25, 0.3) is 0 Å². The quantitative estimate of drug-likeness (QED) is 0.632. The largest absolute Gasteiger partial charge is 0.352 e. The molecule has 0 amide bonds. The number of piperazine rings is 1. The van der Waals surface area contributed by atoms with E-state index in [-0.39, 0.29) is 0 Å². The lowest BCUT2D eigenvalue weighted by Crippen LogP contribution is -2.69. The van der Waals surface area contributed by atoms with E-state index in [2.05, 4.69) is 29.7 Å². The van der Waals surface area contributed by atoms with Gasteiger partial charge in [-0.15, -0.1) is 0 Å². The van der Waals surface area contributed by atoms with E-state index < -0.39 is 0 Å². The van der Waals surface area contributed by atoms with Gasteiger partial charge in [0.05, 0.1) is 12.1 Å². The van der Waals surface area contributed by atoms with E-state index in [9.17, 15) is 0 Å². The summed E-state index contributed by atoms with van der Waals surface area (Å²) in [6.45, 7) is 3.95. The van der Waals surface area contributed by atoms with Crippen molar-refractivity contribution in [2.24, 2.45) is 0 Å². The molecule has 7 heteroatoms. The first-order valence-corrected chi connectivity index (χ1v) is 8.67. The highest BCUT2D eigenvalue weighted by atomic mass is 32.2. The molecule has 0 radical (unpaired) electrons. The molecular weight excluding hydrogens is 296 g/mol. The average molecular weight is 314 g/mol. The summed E-state index contributed by atoms with van der Waals surface area (Å²) in [5.41, 5.74) is 1.02. The Morgan fingerprint density at radius 2 is 1.86 bits per heavy atom. The van der Waals surface area contributed by atoms with Crippen LogP contribution in [0.3, 0.4) is 0 Å². The van der Waals surface area contributed by atoms with Crippen LogP contribution in [0.25, 0.3) is 0 Å². The number of hydrogen-bond acceptors (Lipinski definition) is 7. The van der Waals surface area contributed by atoms with Crippen LogP contribution in [0.4, 0.5) is 11.8 Å². The SMILES string of the molecule is CSc1nccc(N2CC3CC(C2)N3c2nccc(C)n2)n1. The third-order valence-electron chi connectivity index (χ3n) is 4.33. The highest BCUT2D eigenvalue weighted by molar-refractivity contribution is 7.98. The van der Waals surface area contributed by atoms with Crippen LogP contribution in [-0.4, -0.2) is 51.4 Å². The Morgan fingerprint density at radius 3 is 2.59 bits per heavy atom. The first-order chi connectivity index (χ1) is 10.7. The van der Waals surface area contributed by atoms with Crippen molar-refractivity contribution in [3.63, 3.8) is 0 Å². The van der Waals surface area contributed by atoms with Crippen molar-refractivity contribution in [1.82, 2.24) is 19.9 Å². The average Bonchev–Trinajstić information content (AvgIpc) is 2.55. The maximum absolute atomic E-state index is 4.61. The van der Waals surface area contributed by atoms with E-state index in [1.165, 1.54) is 6.42 Å². The monoisotopic (exact) mass is 314 g/mol. The number of aryl methyl sites for hydroxylation is 1. The van der Waals surface area contributed by atoms with Crippen molar-refractivity contribution in [3.05, 3.63) is 30.2 Å². The molecule has 2 atom stereocenters. The third-order valence-corrected chi connectivity index (χ3v) is 4.89. The Bertz CT molecular complexity index is 681. The number of anilines is 2. The lowest BCUT2D eigenvalue weighted by molar-refractivity contribution is 0.284. The lowest BCUT2D eigenvalue weighted by atomic mass is 9.88. The van der Waals surface area contributed by atoms with Gasteiger partial charge >= 0.3 is 0 Å². The summed E-state index contributed by atoms with van der Waals surface area (Å²) < 4.78 is 0. The van der Waals surface area contributed by atoms with Crippen molar-refractivity contribution < 1.29 is 0 Å². The summed E-state index contributed by atoms with van der Waals surface area (Å²) in [6.07, 6.45) is 6.91. The Hall–Kier alpha value is -1.89. The molecule has 3 aliphatic rings. The Kier molecular flexibility index (Phi) is 3.37. The summed E-state index contributed by atoms with van der Waals surface area (Å²) in [5.74, 6) is 1.90. The molecule has 5 heterocycles. The molecule has 2 aromatic rings. The molecule has 22 heavy (non-hydrogen) atoms. The Balaban J connectivity index is 1.52. The fourth-order valence-electron chi connectivity index (χ4n) is 3.29. The molecule has 5 rings (SSSR count). The normalized spacial score (nSPS) is 23.4. The number of aromatic nitrogens is 4. The molecular formula is C15H18N6S. The zero-order chi connectivity index (χ0) is 15.1. The van der Waals surface area contributed by atoms with E-state index >= 15 is 0 Å². The van der Waals surface area contributed by atoms with E-state index in [1.807, 2.05) is 37.7 Å². The number of rotatable bonds is 3. The van der Waals surface area contributed by atoms with Gasteiger partial charge in [-0.25, -0.2) is 19.9 Å². The van der Waals surface area contributed by atoms with Crippen molar-refractivity contribution in [3.8, 4) is 0 Å². The smallest absolute Gasteiger partial charge is 0.226 e. The maximum Gasteiger partial charge on any atom is 0.226 e. The maximum atomic E-state index is 4.61. The van der Waals surface area contributed by atoms with Gasteiger partial charge in [-0.1, -0.05) is 11.8 Å². The second-order valence-corrected chi connectivity index (χ2v) is 6.53. The second kappa shape index (κ2) is 5.39. The topological polar surface area (TPSA) is 58.0 Å². The fraction of sp³-hybridized carbons (Fsp3) is 0.467. The van der Waals surface area contributed by atoms with Gasteiger partial charge in [-0.3, -0.25) is 0 Å². The first kappa shape index (κ1) is 13.8. The van der Waals surface area contributed by atoms with Gasteiger partial charge in [-0.2, -0.15) is 0 Å². The molecule has 0 N–H and O–H groups in total. The standard InChI is InChI=1S/C15H18N6S/c1-10-3-5-16-14(18-10)21-11-7-12(21)9-20(8-11)13-4-6-17-15(19-13)22-2/h3-6,11-12H,7-9H2,1-2H3. The van der Waals surface area contributed by atoms with Gasteiger partial charge in [0.15, 0.2) is 5.16 Å². The van der Waals surface area contributed by atoms with Crippen LogP contribution in [0.5, 0.6) is 0 Å². The predicted molar refractivity (Wildman–Crippen MR) is 87.5 cm³/mol. The predicted octanol–water partition coefficient (Wildman–Crippen LogP) is 1.76. The summed E-state index contributed by atoms with van der Waals surface area (Å²) in [4.78, 5) is 22.6. The summed E-state index contributed by atoms with van der Waals surface area (Å²) >= 11 is 1.58. The van der Waals surface area contributed by atoms with Gasteiger partial charge in [-0.05, 0) is 31.7 Å². The summed E-state index contributed by atoms with van der Waals surface area (Å²) in [7, 11) is 0. The Morgan fingerprint density at radius 1 is 1.09 bits per heavy atom. The molecule has 2 unspecified atom stereocenters. The van der Waals surface area contributed by atoms with Crippen LogP contribution in [0, 0.1) is 6.92 Å². The molecule has 114 valence electrons. The van der Waals surface area contributed by atoms with Gasteiger partial charge in [0.2, 0.25) is 5.95 Å². The number of fused-ring (bicyclic) bond motifs is 2. The molecule has 2 aromatic heterocycles. The molecule has 3 fully saturated rings. The minimum Gasteiger partial charge on any atom is -0.352 e. The fourth-order valence-corrected chi connectivity index (χ4v) is 3.64. The van der Waals surface area contributed by atoms with Crippen LogP contribution in [0.1, 0.15) is 12.1 Å². The zero-order valence-electron chi connectivity index (χ0n) is 12.7. The number of piperidine rings is 1. The lowest BCUT2D eigenvalue weighted by Gasteiger charge is -2.56. The number of hydrogen-bond donors (Lipinski definition) is 0. The van der Waals surface area contributed by atoms with Crippen molar-refractivity contribution in [1.29, 1.82) is 0 Å². The van der Waals surface area contributed by atoms with Gasteiger partial charge in [0, 0.05) is 31.2 Å². The van der Waals surface area contributed by atoms with E-state index in [4.69, 9.17) is 0 Å². The molecule has 3 aliphatic heterocycles. The van der Waals surface area contributed by atoms with Crippen LogP contribution in [0.15, 0.2) is 29.7 Å². The molecule has 0 spiro atoms. The zero-order valence-corrected chi connectivity index (χ0v) is 13.5. The molecule has 6 nitrogen and oxygen atoms in total. The summed E-state index contributed by atoms with van der Waals surface area (Å²) in [5, 5.41) is 0.829. The Labute approximate surface area is 134 Å². The van der Waals surface area contributed by atoms with Crippen molar-refractivity contribution in [2.75, 3.05) is 29.1 Å². The van der Waals surface area contributed by atoms with E-state index in [0.29, 0.717) is 12.1 Å². The van der Waals surface area contributed by atoms with Crippen LogP contribution >= 0.6 is 11.8 Å². The van der Waals surface area contributed by atoms with Crippen molar-refractivity contribution >= 4 is 23.5 Å². The number of nitrogens with zero attached hydrogens (tertiary/aromatic N) is 6. The van der Waals surface area contributed by atoms with E-state index in [1.54, 1.807) is 11.8 Å². The molecule has 0 saturated carbocycles. The highest BCUT2D eigenvalue weighted by Gasteiger charge is 2.46. The second-order valence-electron chi connectivity index (χ2n) is 5.76. The van der Waals surface area contributed by atoms with Crippen LogP contribution < -0.4 is 9.80 Å². The van der Waals surface area contributed by atoms with Gasteiger partial charge < -0.3 is 9.80 Å². The molecule has 3 saturated heterocycles. The minimum atomic E-state index is 0.480. The van der Waals surface area contributed by atoms with Crippen LogP contribution in [-0.2, 0) is 0 Å². The van der Waals surface area contributed by atoms with Crippen LogP contribution in [0.2, 0.25) is 0 Å². The van der Waals surface area contributed by atoms with Crippen molar-refractivity contribution in [2.45, 2.75) is 30.6 Å². The van der Waals surface area contributed by atoms with E-state index in [0.717, 1.165) is 35.7 Å². The highest BCUT2D eigenvalue weighted by Crippen LogP contribution is 2.36. The minimum absolute atomic E-state index is 0.480. The molecule has 0 aromatic carbocycles. The molecule has 0 aliphatic carbocycles. The summed E-state index contributed by atoms with van der Waals surface area (Å²) in [6, 6.07) is 4.90. The molecule has 2 bridgehead atoms. The van der Waals surface area contributed by atoms with Gasteiger partial charge in [0.1, 0.15) is 5.82 Å². The first-order valence-electron chi connectivity index (χ1n) is 7.44. The number of thioether (sulfide) groups is 1. The third kappa shape index (κ3) is 2.29.